The lowest BCUT2D eigenvalue weighted by atomic mass is 9.92. The fraction of sp³-hybridized carbons (Fsp3) is 0.524. The van der Waals surface area contributed by atoms with Gasteiger partial charge in [0.15, 0.2) is 0 Å². The zero-order valence-corrected chi connectivity index (χ0v) is 16.5. The first-order valence-corrected chi connectivity index (χ1v) is 10.5. The Bertz CT molecular complexity index is 788. The zero-order chi connectivity index (χ0) is 18.1. The minimum Gasteiger partial charge on any atom is -0.339 e. The zero-order valence-electron chi connectivity index (χ0n) is 15.7. The highest BCUT2D eigenvalue weighted by Crippen LogP contribution is 2.49. The molecule has 1 aliphatic heterocycles. The number of piperazine rings is 1. The van der Waals surface area contributed by atoms with Gasteiger partial charge in [0.1, 0.15) is 0 Å². The quantitative estimate of drug-likeness (QED) is 0.811. The second-order valence-corrected chi connectivity index (χ2v) is 8.55. The molecule has 0 radical (unpaired) electrons. The summed E-state index contributed by atoms with van der Waals surface area (Å²) in [5.74, 6) is 0.338. The Kier molecular flexibility index (Phi) is 4.84. The molecule has 1 aliphatic carbocycles. The summed E-state index contributed by atoms with van der Waals surface area (Å²) >= 11 is 1.75. The van der Waals surface area contributed by atoms with Gasteiger partial charge in [-0.1, -0.05) is 36.8 Å². The lowest BCUT2D eigenvalue weighted by Crippen LogP contribution is -2.51. The number of amides is 1. The molecule has 0 unspecified atom stereocenters. The van der Waals surface area contributed by atoms with Gasteiger partial charge in [0.25, 0.3) is 0 Å². The Balaban J connectivity index is 1.36. The highest BCUT2D eigenvalue weighted by Gasteiger charge is 2.53. The van der Waals surface area contributed by atoms with Crippen LogP contribution in [-0.2, 0) is 23.2 Å². The fourth-order valence-electron chi connectivity index (χ4n) is 3.92. The van der Waals surface area contributed by atoms with E-state index in [2.05, 4.69) is 58.3 Å². The van der Waals surface area contributed by atoms with Crippen LogP contribution in [0, 0.1) is 6.92 Å². The van der Waals surface area contributed by atoms with Crippen molar-refractivity contribution < 1.29 is 4.79 Å². The van der Waals surface area contributed by atoms with Gasteiger partial charge < -0.3 is 4.90 Å². The summed E-state index contributed by atoms with van der Waals surface area (Å²) in [6.45, 7) is 8.69. The van der Waals surface area contributed by atoms with Crippen LogP contribution in [0.2, 0.25) is 0 Å². The third-order valence-corrected chi connectivity index (χ3v) is 6.72. The van der Waals surface area contributed by atoms with Gasteiger partial charge >= 0.3 is 0 Å². The molecular weight excluding hydrogens is 342 g/mol. The van der Waals surface area contributed by atoms with E-state index in [1.807, 2.05) is 0 Å². The second-order valence-electron chi connectivity index (χ2n) is 7.61. The summed E-state index contributed by atoms with van der Waals surface area (Å²) in [6.07, 6.45) is 3.00. The molecule has 1 aromatic heterocycles. The third-order valence-electron chi connectivity index (χ3n) is 5.68. The number of nitrogens with zero attached hydrogens (tertiary/aromatic N) is 3. The van der Waals surface area contributed by atoms with E-state index in [-0.39, 0.29) is 5.41 Å². The first-order valence-electron chi connectivity index (χ1n) is 9.63. The van der Waals surface area contributed by atoms with Gasteiger partial charge in [0.05, 0.1) is 16.1 Å². The maximum atomic E-state index is 13.2. The van der Waals surface area contributed by atoms with E-state index >= 15 is 0 Å². The SMILES string of the molecule is CCc1nc(CN2CCN(C(=O)C3(c4cccc(C)c4)CC3)CC2)cs1. The van der Waals surface area contributed by atoms with Gasteiger partial charge in [-0.3, -0.25) is 9.69 Å². The molecule has 2 aliphatic rings. The first kappa shape index (κ1) is 17.7. The molecule has 2 aromatic rings. The molecule has 1 saturated carbocycles. The lowest BCUT2D eigenvalue weighted by Gasteiger charge is -2.36. The van der Waals surface area contributed by atoms with Crippen LogP contribution in [0.4, 0.5) is 0 Å². The summed E-state index contributed by atoms with van der Waals surface area (Å²) in [6, 6.07) is 8.50. The number of hydrogen-bond donors (Lipinski definition) is 0. The summed E-state index contributed by atoms with van der Waals surface area (Å²) in [4.78, 5) is 22.4. The van der Waals surface area contributed by atoms with Crippen LogP contribution in [0.3, 0.4) is 0 Å². The Hall–Kier alpha value is -1.72. The standard InChI is InChI=1S/C21H27N3OS/c1-3-19-22-18(15-26-19)14-23-9-11-24(12-10-23)20(25)21(7-8-21)17-6-4-5-16(2)13-17/h4-6,13,15H,3,7-12,14H2,1-2H3. The number of aromatic nitrogens is 1. The van der Waals surface area contributed by atoms with Crippen molar-refractivity contribution in [2.75, 3.05) is 26.2 Å². The van der Waals surface area contributed by atoms with Crippen LogP contribution in [-0.4, -0.2) is 46.9 Å². The van der Waals surface area contributed by atoms with Crippen LogP contribution < -0.4 is 0 Å². The van der Waals surface area contributed by atoms with E-state index in [0.717, 1.165) is 52.0 Å². The first-order chi connectivity index (χ1) is 12.6. The van der Waals surface area contributed by atoms with Crippen LogP contribution in [0.5, 0.6) is 0 Å². The predicted octanol–water partition coefficient (Wildman–Crippen LogP) is 3.39. The molecule has 4 rings (SSSR count). The van der Waals surface area contributed by atoms with Crippen molar-refractivity contribution in [2.45, 2.75) is 45.1 Å². The minimum atomic E-state index is -0.237. The van der Waals surface area contributed by atoms with Gasteiger partial charge in [0, 0.05) is 38.1 Å². The Morgan fingerprint density at radius 1 is 1.23 bits per heavy atom. The number of carbonyl (C=O) groups excluding carboxylic acids is 1. The van der Waals surface area contributed by atoms with Gasteiger partial charge in [-0.05, 0) is 31.7 Å². The van der Waals surface area contributed by atoms with Gasteiger partial charge in [-0.25, -0.2) is 4.98 Å². The van der Waals surface area contributed by atoms with Gasteiger partial charge in [0.2, 0.25) is 5.91 Å². The van der Waals surface area contributed by atoms with Crippen molar-refractivity contribution in [3.8, 4) is 0 Å². The summed E-state index contributed by atoms with van der Waals surface area (Å²) in [7, 11) is 0. The van der Waals surface area contributed by atoms with E-state index in [1.165, 1.54) is 21.8 Å². The summed E-state index contributed by atoms with van der Waals surface area (Å²) in [5.41, 5.74) is 3.38. The number of thiazole rings is 1. The fourth-order valence-corrected chi connectivity index (χ4v) is 4.65. The molecule has 1 saturated heterocycles. The molecule has 5 heteroatoms. The van der Waals surface area contributed by atoms with Crippen LogP contribution in [0.15, 0.2) is 29.6 Å². The Morgan fingerprint density at radius 3 is 2.62 bits per heavy atom. The number of carbonyl (C=O) groups is 1. The van der Waals surface area contributed by atoms with Crippen LogP contribution in [0.25, 0.3) is 0 Å². The van der Waals surface area contributed by atoms with Crippen molar-refractivity contribution in [3.05, 3.63) is 51.5 Å². The molecule has 0 bridgehead atoms. The molecule has 4 nitrogen and oxygen atoms in total. The molecule has 1 amide bonds. The van der Waals surface area contributed by atoms with E-state index in [0.29, 0.717) is 5.91 Å². The van der Waals surface area contributed by atoms with E-state index < -0.39 is 0 Å². The van der Waals surface area contributed by atoms with Crippen molar-refractivity contribution in [2.24, 2.45) is 0 Å². The highest BCUT2D eigenvalue weighted by molar-refractivity contribution is 7.09. The van der Waals surface area contributed by atoms with E-state index in [1.54, 1.807) is 11.3 Å². The molecule has 0 N–H and O–H groups in total. The molecule has 2 fully saturated rings. The third kappa shape index (κ3) is 3.42. The molecule has 138 valence electrons. The van der Waals surface area contributed by atoms with E-state index in [4.69, 9.17) is 0 Å². The van der Waals surface area contributed by atoms with Gasteiger partial charge in [-0.2, -0.15) is 0 Å². The molecule has 1 aromatic carbocycles. The monoisotopic (exact) mass is 369 g/mol. The smallest absolute Gasteiger partial charge is 0.233 e. The van der Waals surface area contributed by atoms with Crippen LogP contribution in [0.1, 0.15) is 41.6 Å². The lowest BCUT2D eigenvalue weighted by molar-refractivity contribution is -0.135. The largest absolute Gasteiger partial charge is 0.339 e. The predicted molar refractivity (Wildman–Crippen MR) is 105 cm³/mol. The Morgan fingerprint density at radius 2 is 2.00 bits per heavy atom. The second kappa shape index (κ2) is 7.12. The average Bonchev–Trinajstić information content (AvgIpc) is 3.35. The maximum Gasteiger partial charge on any atom is 0.233 e. The van der Waals surface area contributed by atoms with Crippen molar-refractivity contribution >= 4 is 17.2 Å². The normalized spacial score (nSPS) is 19.5. The minimum absolute atomic E-state index is 0.237. The molecule has 0 atom stereocenters. The number of benzene rings is 1. The number of rotatable bonds is 5. The number of aryl methyl sites for hydroxylation is 2. The average molecular weight is 370 g/mol. The topological polar surface area (TPSA) is 36.4 Å². The number of hydrogen-bond acceptors (Lipinski definition) is 4. The maximum absolute atomic E-state index is 13.2. The van der Waals surface area contributed by atoms with E-state index in [9.17, 15) is 4.79 Å². The summed E-state index contributed by atoms with van der Waals surface area (Å²) < 4.78 is 0. The van der Waals surface area contributed by atoms with Gasteiger partial charge in [-0.15, -0.1) is 11.3 Å². The van der Waals surface area contributed by atoms with Crippen molar-refractivity contribution in [1.29, 1.82) is 0 Å². The highest BCUT2D eigenvalue weighted by atomic mass is 32.1. The van der Waals surface area contributed by atoms with Crippen LogP contribution >= 0.6 is 11.3 Å². The molecule has 2 heterocycles. The summed E-state index contributed by atoms with van der Waals surface area (Å²) in [5, 5.41) is 3.38. The molecular formula is C21H27N3OS. The van der Waals surface area contributed by atoms with Crippen molar-refractivity contribution in [1.82, 2.24) is 14.8 Å². The molecule has 26 heavy (non-hydrogen) atoms. The van der Waals surface area contributed by atoms with Crippen molar-refractivity contribution in [3.63, 3.8) is 0 Å². The Labute approximate surface area is 159 Å². The molecule has 0 spiro atoms.